The minimum absolute atomic E-state index is 0.0300. The van der Waals surface area contributed by atoms with Gasteiger partial charge < -0.3 is 10.2 Å². The maximum absolute atomic E-state index is 12.1. The maximum atomic E-state index is 12.1. The van der Waals surface area contributed by atoms with Crippen LogP contribution in [0.2, 0.25) is 0 Å². The number of nitrogens with one attached hydrogen (secondary N) is 1. The fourth-order valence-corrected chi connectivity index (χ4v) is 2.28. The lowest BCUT2D eigenvalue weighted by molar-refractivity contribution is -0.384. The summed E-state index contributed by atoms with van der Waals surface area (Å²) in [6, 6.07) is 4.24. The summed E-state index contributed by atoms with van der Waals surface area (Å²) < 4.78 is 0.692. The summed E-state index contributed by atoms with van der Waals surface area (Å²) in [5.41, 5.74) is 0.256. The molecule has 0 spiro atoms. The van der Waals surface area contributed by atoms with Gasteiger partial charge in [0.1, 0.15) is 0 Å². The lowest BCUT2D eigenvalue weighted by Crippen LogP contribution is -2.39. The molecule has 104 valence electrons. The lowest BCUT2D eigenvalue weighted by atomic mass is 10.1. The van der Waals surface area contributed by atoms with E-state index in [2.05, 4.69) is 5.32 Å². The van der Waals surface area contributed by atoms with E-state index in [4.69, 9.17) is 0 Å². The quantitative estimate of drug-likeness (QED) is 0.483. The molecule has 0 aromatic heterocycles. The summed E-state index contributed by atoms with van der Waals surface area (Å²) in [4.78, 5) is 24.3. The molecule has 1 N–H and O–H groups in total. The van der Waals surface area contributed by atoms with E-state index in [0.29, 0.717) is 15.7 Å². The van der Waals surface area contributed by atoms with E-state index < -0.39 is 4.92 Å². The van der Waals surface area contributed by atoms with Crippen LogP contribution in [0.4, 0.5) is 5.69 Å². The van der Waals surface area contributed by atoms with Crippen molar-refractivity contribution in [3.8, 4) is 0 Å². The van der Waals surface area contributed by atoms with Crippen LogP contribution in [0.15, 0.2) is 18.2 Å². The van der Waals surface area contributed by atoms with Gasteiger partial charge in [-0.2, -0.15) is 0 Å². The molecule has 0 heterocycles. The minimum Gasteiger partial charge on any atom is -0.348 e. The standard InChI is InChI=1S/C12H16IN3O3/c1-8(7-15(2)3)14-12(17)10-6-9(16(18)19)4-5-11(10)13/h4-6,8H,7H2,1-3H3,(H,14,17). The number of rotatable bonds is 5. The molecule has 0 saturated carbocycles. The van der Waals surface area contributed by atoms with Crippen LogP contribution in [0.25, 0.3) is 0 Å². The molecule has 0 bridgehead atoms. The Hall–Kier alpha value is -1.22. The molecular weight excluding hydrogens is 361 g/mol. The van der Waals surface area contributed by atoms with E-state index in [9.17, 15) is 14.9 Å². The van der Waals surface area contributed by atoms with E-state index in [1.54, 1.807) is 6.07 Å². The number of halogens is 1. The molecule has 0 aliphatic heterocycles. The zero-order chi connectivity index (χ0) is 14.6. The highest BCUT2D eigenvalue weighted by Crippen LogP contribution is 2.19. The number of nitro groups is 1. The Morgan fingerprint density at radius 3 is 2.68 bits per heavy atom. The van der Waals surface area contributed by atoms with Crippen molar-refractivity contribution in [1.29, 1.82) is 0 Å². The Morgan fingerprint density at radius 2 is 2.16 bits per heavy atom. The number of amides is 1. The lowest BCUT2D eigenvalue weighted by Gasteiger charge is -2.18. The van der Waals surface area contributed by atoms with Crippen molar-refractivity contribution in [3.63, 3.8) is 0 Å². The number of hydrogen-bond donors (Lipinski definition) is 1. The molecule has 1 unspecified atom stereocenters. The van der Waals surface area contributed by atoms with Gasteiger partial charge in [0.05, 0.1) is 10.5 Å². The van der Waals surface area contributed by atoms with Crippen LogP contribution in [0.1, 0.15) is 17.3 Å². The van der Waals surface area contributed by atoms with Crippen LogP contribution in [0.5, 0.6) is 0 Å². The van der Waals surface area contributed by atoms with Crippen LogP contribution >= 0.6 is 22.6 Å². The fraction of sp³-hybridized carbons (Fsp3) is 0.417. The third kappa shape index (κ3) is 4.75. The first-order valence-corrected chi connectivity index (χ1v) is 6.78. The molecule has 1 atom stereocenters. The van der Waals surface area contributed by atoms with Crippen LogP contribution < -0.4 is 5.32 Å². The van der Waals surface area contributed by atoms with Gasteiger partial charge in [0.15, 0.2) is 0 Å². The average molecular weight is 377 g/mol. The van der Waals surface area contributed by atoms with Crippen molar-refractivity contribution in [2.75, 3.05) is 20.6 Å². The molecule has 0 saturated heterocycles. The first kappa shape index (κ1) is 15.8. The summed E-state index contributed by atoms with van der Waals surface area (Å²) in [6.07, 6.45) is 0. The number of benzene rings is 1. The largest absolute Gasteiger partial charge is 0.348 e. The zero-order valence-electron chi connectivity index (χ0n) is 11.0. The number of carbonyl (C=O) groups is 1. The second-order valence-corrected chi connectivity index (χ2v) is 5.72. The topological polar surface area (TPSA) is 75.5 Å². The van der Waals surface area contributed by atoms with E-state index in [-0.39, 0.29) is 17.6 Å². The van der Waals surface area contributed by atoms with Gasteiger partial charge >= 0.3 is 0 Å². The Morgan fingerprint density at radius 1 is 1.53 bits per heavy atom. The van der Waals surface area contributed by atoms with Crippen LogP contribution in [0.3, 0.4) is 0 Å². The zero-order valence-corrected chi connectivity index (χ0v) is 13.2. The molecular formula is C12H16IN3O3. The van der Waals surface area contributed by atoms with Crippen molar-refractivity contribution in [1.82, 2.24) is 10.2 Å². The Labute approximate surface area is 125 Å². The molecule has 0 aliphatic carbocycles. The monoisotopic (exact) mass is 377 g/mol. The van der Waals surface area contributed by atoms with Gasteiger partial charge in [0, 0.05) is 28.3 Å². The van der Waals surface area contributed by atoms with Gasteiger partial charge in [0.2, 0.25) is 0 Å². The van der Waals surface area contributed by atoms with Gasteiger partial charge in [-0.05, 0) is 49.7 Å². The maximum Gasteiger partial charge on any atom is 0.270 e. The van der Waals surface area contributed by atoms with E-state index in [1.807, 2.05) is 48.5 Å². The smallest absolute Gasteiger partial charge is 0.270 e. The van der Waals surface area contributed by atoms with E-state index >= 15 is 0 Å². The van der Waals surface area contributed by atoms with E-state index in [1.165, 1.54) is 12.1 Å². The van der Waals surface area contributed by atoms with Gasteiger partial charge in [0.25, 0.3) is 11.6 Å². The number of nitro benzene ring substituents is 1. The fourth-order valence-electron chi connectivity index (χ4n) is 1.70. The van der Waals surface area contributed by atoms with Crippen molar-refractivity contribution < 1.29 is 9.72 Å². The van der Waals surface area contributed by atoms with Crippen molar-refractivity contribution in [3.05, 3.63) is 37.4 Å². The predicted molar refractivity (Wildman–Crippen MR) is 81.3 cm³/mol. The number of carbonyl (C=O) groups excluding carboxylic acids is 1. The SMILES string of the molecule is CC(CN(C)C)NC(=O)c1cc([N+](=O)[O-])ccc1I. The third-order valence-corrected chi connectivity index (χ3v) is 3.36. The summed E-state index contributed by atoms with van der Waals surface area (Å²) in [5.74, 6) is -0.289. The van der Waals surface area contributed by atoms with E-state index in [0.717, 1.165) is 0 Å². The van der Waals surface area contributed by atoms with Crippen LogP contribution in [-0.2, 0) is 0 Å². The van der Waals surface area contributed by atoms with Gasteiger partial charge in [-0.3, -0.25) is 14.9 Å². The first-order chi connectivity index (χ1) is 8.81. The molecule has 1 amide bonds. The van der Waals surface area contributed by atoms with Gasteiger partial charge in [-0.15, -0.1) is 0 Å². The molecule has 0 radical (unpaired) electrons. The normalized spacial score (nSPS) is 12.3. The average Bonchev–Trinajstić information content (AvgIpc) is 2.27. The third-order valence-electron chi connectivity index (χ3n) is 2.42. The molecule has 19 heavy (non-hydrogen) atoms. The molecule has 6 nitrogen and oxygen atoms in total. The number of likely N-dealkylation sites (N-methyl/N-ethyl adjacent to an activating group) is 1. The molecule has 0 aliphatic rings. The number of nitrogens with zero attached hydrogens (tertiary/aromatic N) is 2. The van der Waals surface area contributed by atoms with Crippen LogP contribution in [-0.4, -0.2) is 42.4 Å². The number of non-ortho nitro benzene ring substituents is 1. The Bertz CT molecular complexity index is 491. The highest BCUT2D eigenvalue weighted by atomic mass is 127. The molecule has 1 aromatic rings. The summed E-state index contributed by atoms with van der Waals surface area (Å²) in [5, 5.41) is 13.5. The minimum atomic E-state index is -0.504. The predicted octanol–water partition coefficient (Wildman–Crippen LogP) is 1.88. The Balaban J connectivity index is 2.87. The van der Waals surface area contributed by atoms with Gasteiger partial charge in [-0.25, -0.2) is 0 Å². The van der Waals surface area contributed by atoms with Crippen molar-refractivity contribution in [2.45, 2.75) is 13.0 Å². The van der Waals surface area contributed by atoms with Crippen molar-refractivity contribution in [2.24, 2.45) is 0 Å². The number of hydrogen-bond acceptors (Lipinski definition) is 4. The summed E-state index contributed by atoms with van der Waals surface area (Å²) in [7, 11) is 3.83. The molecule has 1 rings (SSSR count). The summed E-state index contributed by atoms with van der Waals surface area (Å²) in [6.45, 7) is 2.60. The van der Waals surface area contributed by atoms with Gasteiger partial charge in [-0.1, -0.05) is 0 Å². The highest BCUT2D eigenvalue weighted by Gasteiger charge is 2.17. The molecule has 1 aromatic carbocycles. The molecule has 7 heteroatoms. The second-order valence-electron chi connectivity index (χ2n) is 4.56. The molecule has 0 fully saturated rings. The van der Waals surface area contributed by atoms with Crippen LogP contribution in [0, 0.1) is 13.7 Å². The van der Waals surface area contributed by atoms with Crippen molar-refractivity contribution >= 4 is 34.2 Å². The second kappa shape index (κ2) is 6.80. The summed E-state index contributed by atoms with van der Waals surface area (Å²) >= 11 is 1.99. The highest BCUT2D eigenvalue weighted by molar-refractivity contribution is 14.1. The Kier molecular flexibility index (Phi) is 5.67. The first-order valence-electron chi connectivity index (χ1n) is 5.70.